The highest BCUT2D eigenvalue weighted by atomic mass is 35.5. The number of hydrogen-bond acceptors (Lipinski definition) is 4. The number of aliphatic imine (C=N–C) groups is 2. The molecule has 0 atom stereocenters. The molecule has 6 nitrogen and oxygen atoms in total. The SMILES string of the molecule is N#CCC(=N)CCCCCCCN=C(N)CC(N)=Nc1ccc(Cl)cc1. The fraction of sp³-hybridized carbons (Fsp3) is 0.474. The normalized spacial score (nSPS) is 12.0. The summed E-state index contributed by atoms with van der Waals surface area (Å²) in [5, 5.41) is 16.7. The molecule has 0 aliphatic rings. The Morgan fingerprint density at radius 1 is 1.04 bits per heavy atom. The summed E-state index contributed by atoms with van der Waals surface area (Å²) in [5.41, 5.74) is 13.1. The van der Waals surface area contributed by atoms with Crippen molar-refractivity contribution in [3.8, 4) is 6.07 Å². The molecule has 26 heavy (non-hydrogen) atoms. The smallest absolute Gasteiger partial charge is 0.107 e. The molecular formula is C19H27ClN6. The van der Waals surface area contributed by atoms with Crippen LogP contribution in [0.5, 0.6) is 0 Å². The van der Waals surface area contributed by atoms with E-state index in [1.807, 2.05) is 6.07 Å². The summed E-state index contributed by atoms with van der Waals surface area (Å²) in [6.45, 7) is 0.685. The molecular weight excluding hydrogens is 348 g/mol. The Labute approximate surface area is 160 Å². The molecule has 0 amide bonds. The average Bonchev–Trinajstić information content (AvgIpc) is 2.59. The number of benzene rings is 1. The van der Waals surface area contributed by atoms with Gasteiger partial charge in [0, 0.05) is 17.3 Å². The molecule has 1 aromatic rings. The number of rotatable bonds is 12. The predicted molar refractivity (Wildman–Crippen MR) is 109 cm³/mol. The zero-order valence-corrected chi connectivity index (χ0v) is 15.8. The fourth-order valence-electron chi connectivity index (χ4n) is 2.35. The Kier molecular flexibility index (Phi) is 10.7. The van der Waals surface area contributed by atoms with Crippen LogP contribution in [-0.4, -0.2) is 23.9 Å². The number of halogens is 1. The number of nitrogens with one attached hydrogen (secondary N) is 1. The van der Waals surface area contributed by atoms with Gasteiger partial charge in [0.05, 0.1) is 24.6 Å². The summed E-state index contributed by atoms with van der Waals surface area (Å²) in [5.74, 6) is 0.915. The molecule has 0 radical (unpaired) electrons. The second kappa shape index (κ2) is 12.9. The van der Waals surface area contributed by atoms with Crippen LogP contribution in [0.25, 0.3) is 0 Å². The highest BCUT2D eigenvalue weighted by molar-refractivity contribution is 6.30. The molecule has 0 aliphatic carbocycles. The van der Waals surface area contributed by atoms with Gasteiger partial charge >= 0.3 is 0 Å². The number of hydrogen-bond donors (Lipinski definition) is 3. The Bertz CT molecular complexity index is 658. The lowest BCUT2D eigenvalue weighted by atomic mass is 10.1. The van der Waals surface area contributed by atoms with Crippen molar-refractivity contribution < 1.29 is 0 Å². The first-order valence-corrected chi connectivity index (χ1v) is 9.19. The topological polar surface area (TPSA) is 124 Å². The Morgan fingerprint density at radius 3 is 2.38 bits per heavy atom. The van der Waals surface area contributed by atoms with Crippen molar-refractivity contribution in [3.63, 3.8) is 0 Å². The lowest BCUT2D eigenvalue weighted by Gasteiger charge is -2.03. The monoisotopic (exact) mass is 374 g/mol. The predicted octanol–water partition coefficient (Wildman–Crippen LogP) is 4.35. The van der Waals surface area contributed by atoms with Crippen molar-refractivity contribution in [3.05, 3.63) is 29.3 Å². The van der Waals surface area contributed by atoms with E-state index in [9.17, 15) is 0 Å². The first-order chi connectivity index (χ1) is 12.5. The van der Waals surface area contributed by atoms with Crippen molar-refractivity contribution in [1.29, 1.82) is 10.7 Å². The first kappa shape index (κ1) is 21.7. The van der Waals surface area contributed by atoms with E-state index < -0.39 is 0 Å². The summed E-state index contributed by atoms with van der Waals surface area (Å²) in [6, 6.07) is 9.12. The Hall–Kier alpha value is -2.39. The van der Waals surface area contributed by atoms with Crippen LogP contribution < -0.4 is 11.5 Å². The van der Waals surface area contributed by atoms with Gasteiger partial charge in [-0.25, -0.2) is 4.99 Å². The summed E-state index contributed by atoms with van der Waals surface area (Å²) in [7, 11) is 0. The lowest BCUT2D eigenvalue weighted by molar-refractivity contribution is 0.626. The molecule has 140 valence electrons. The van der Waals surface area contributed by atoms with E-state index in [-0.39, 0.29) is 6.42 Å². The van der Waals surface area contributed by atoms with E-state index in [2.05, 4.69) is 9.98 Å². The minimum atomic E-state index is 0.248. The van der Waals surface area contributed by atoms with Gasteiger partial charge in [0.1, 0.15) is 11.7 Å². The fourth-order valence-corrected chi connectivity index (χ4v) is 2.48. The maximum atomic E-state index is 8.49. The average molecular weight is 375 g/mol. The zero-order chi connectivity index (χ0) is 19.2. The maximum absolute atomic E-state index is 8.49. The molecule has 0 aliphatic heterocycles. The second-order valence-electron chi connectivity index (χ2n) is 6.09. The molecule has 7 heteroatoms. The Balaban J connectivity index is 2.16. The molecule has 5 N–H and O–H groups in total. The van der Waals surface area contributed by atoms with Gasteiger partial charge in [0.25, 0.3) is 0 Å². The summed E-state index contributed by atoms with van der Waals surface area (Å²) in [6.07, 6.45) is 6.54. The van der Waals surface area contributed by atoms with Gasteiger partial charge in [0.15, 0.2) is 0 Å². The van der Waals surface area contributed by atoms with Crippen LogP contribution in [0, 0.1) is 16.7 Å². The van der Waals surface area contributed by atoms with E-state index in [1.54, 1.807) is 24.3 Å². The quantitative estimate of drug-likeness (QED) is 0.286. The van der Waals surface area contributed by atoms with Gasteiger partial charge in [-0.1, -0.05) is 30.9 Å². The molecule has 1 rings (SSSR count). The number of unbranched alkanes of at least 4 members (excludes halogenated alkanes) is 4. The summed E-state index contributed by atoms with van der Waals surface area (Å²) >= 11 is 5.83. The van der Waals surface area contributed by atoms with E-state index in [0.717, 1.165) is 44.2 Å². The third-order valence-electron chi connectivity index (χ3n) is 3.71. The number of amidine groups is 2. The Morgan fingerprint density at radius 2 is 1.69 bits per heavy atom. The van der Waals surface area contributed by atoms with Gasteiger partial charge in [-0.05, 0) is 43.5 Å². The van der Waals surface area contributed by atoms with Crippen LogP contribution in [0.1, 0.15) is 51.4 Å². The van der Waals surface area contributed by atoms with Crippen LogP contribution in [0.2, 0.25) is 5.02 Å². The van der Waals surface area contributed by atoms with E-state index in [4.69, 9.17) is 33.7 Å². The van der Waals surface area contributed by atoms with Crippen molar-refractivity contribution in [1.82, 2.24) is 0 Å². The van der Waals surface area contributed by atoms with Gasteiger partial charge in [-0.3, -0.25) is 4.99 Å². The highest BCUT2D eigenvalue weighted by Crippen LogP contribution is 2.16. The van der Waals surface area contributed by atoms with Gasteiger partial charge in [0.2, 0.25) is 0 Å². The molecule has 0 heterocycles. The van der Waals surface area contributed by atoms with E-state index >= 15 is 0 Å². The van der Waals surface area contributed by atoms with Crippen LogP contribution in [0.15, 0.2) is 34.3 Å². The molecule has 0 saturated heterocycles. The van der Waals surface area contributed by atoms with E-state index in [0.29, 0.717) is 35.4 Å². The van der Waals surface area contributed by atoms with Crippen LogP contribution in [-0.2, 0) is 0 Å². The van der Waals surface area contributed by atoms with E-state index in [1.165, 1.54) is 0 Å². The molecule has 0 unspecified atom stereocenters. The second-order valence-corrected chi connectivity index (χ2v) is 6.52. The molecule has 0 bridgehead atoms. The maximum Gasteiger partial charge on any atom is 0.107 e. The standard InChI is InChI=1S/C19H27ClN6/c20-15-7-9-17(10-8-15)26-19(24)14-18(23)25-13-5-3-1-2-4-6-16(22)11-12-21/h7-10,22H,1-6,11,13-14H2,(H2,23,25)(H2,24,26). The number of nitrogens with two attached hydrogens (primary N) is 2. The third kappa shape index (κ3) is 10.5. The van der Waals surface area contributed by atoms with Crippen LogP contribution in [0.3, 0.4) is 0 Å². The molecule has 0 saturated carbocycles. The first-order valence-electron chi connectivity index (χ1n) is 8.82. The molecule has 0 aromatic heterocycles. The minimum Gasteiger partial charge on any atom is -0.387 e. The summed E-state index contributed by atoms with van der Waals surface area (Å²) in [4.78, 5) is 8.62. The van der Waals surface area contributed by atoms with Crippen molar-refractivity contribution in [2.24, 2.45) is 21.5 Å². The molecule has 1 aromatic carbocycles. The number of nitriles is 1. The molecule has 0 spiro atoms. The van der Waals surface area contributed by atoms with Gasteiger partial charge < -0.3 is 16.9 Å². The molecule has 0 fully saturated rings. The largest absolute Gasteiger partial charge is 0.387 e. The highest BCUT2D eigenvalue weighted by Gasteiger charge is 2.00. The van der Waals surface area contributed by atoms with Crippen molar-refractivity contribution in [2.75, 3.05) is 6.54 Å². The third-order valence-corrected chi connectivity index (χ3v) is 3.96. The minimum absolute atomic E-state index is 0.248. The lowest BCUT2D eigenvalue weighted by Crippen LogP contribution is -2.22. The van der Waals surface area contributed by atoms with Crippen molar-refractivity contribution in [2.45, 2.75) is 51.4 Å². The number of nitrogens with zero attached hydrogens (tertiary/aromatic N) is 3. The van der Waals surface area contributed by atoms with Gasteiger partial charge in [-0.15, -0.1) is 0 Å². The zero-order valence-electron chi connectivity index (χ0n) is 15.0. The van der Waals surface area contributed by atoms with Crippen molar-refractivity contribution >= 4 is 34.7 Å². The van der Waals surface area contributed by atoms with Crippen LogP contribution in [0.4, 0.5) is 5.69 Å². The summed E-state index contributed by atoms with van der Waals surface area (Å²) < 4.78 is 0. The van der Waals surface area contributed by atoms with Crippen LogP contribution >= 0.6 is 11.6 Å². The van der Waals surface area contributed by atoms with Gasteiger partial charge in [-0.2, -0.15) is 5.26 Å².